The predicted molar refractivity (Wildman–Crippen MR) is 86.7 cm³/mol. The zero-order chi connectivity index (χ0) is 16.3. The van der Waals surface area contributed by atoms with Gasteiger partial charge in [-0.25, -0.2) is 4.79 Å². The van der Waals surface area contributed by atoms with E-state index in [2.05, 4.69) is 0 Å². The van der Waals surface area contributed by atoms with Gasteiger partial charge in [-0.1, -0.05) is 12.1 Å². The van der Waals surface area contributed by atoms with Gasteiger partial charge in [0.15, 0.2) is 6.29 Å². The van der Waals surface area contributed by atoms with Crippen molar-refractivity contribution in [2.24, 2.45) is 0 Å². The first-order chi connectivity index (χ1) is 11.3. The Morgan fingerprint density at radius 2 is 2.04 bits per heavy atom. The summed E-state index contributed by atoms with van der Waals surface area (Å²) in [6.07, 6.45) is 5.04. The van der Waals surface area contributed by atoms with Crippen LogP contribution in [0.4, 0.5) is 0 Å². The highest BCUT2D eigenvalue weighted by Crippen LogP contribution is 2.19. The molecule has 1 aliphatic rings. The molecule has 0 aliphatic carbocycles. The van der Waals surface area contributed by atoms with Crippen molar-refractivity contribution in [1.29, 1.82) is 0 Å². The summed E-state index contributed by atoms with van der Waals surface area (Å²) in [7, 11) is 0. The van der Waals surface area contributed by atoms with E-state index in [1.54, 1.807) is 25.1 Å². The fourth-order valence-electron chi connectivity index (χ4n) is 2.41. The molecule has 1 aliphatic heterocycles. The summed E-state index contributed by atoms with van der Waals surface area (Å²) in [5, 5.41) is 0. The van der Waals surface area contributed by atoms with Crippen LogP contribution >= 0.6 is 0 Å². The first kappa shape index (κ1) is 17.8. The largest absolute Gasteiger partial charge is 0.493 e. The number of hydrogen-bond donors (Lipinski definition) is 0. The Morgan fingerprint density at radius 3 is 2.83 bits per heavy atom. The highest BCUT2D eigenvalue weighted by Gasteiger charge is 2.14. The van der Waals surface area contributed by atoms with Gasteiger partial charge in [0.1, 0.15) is 11.3 Å². The van der Waals surface area contributed by atoms with Crippen LogP contribution in [0, 0.1) is 0 Å². The lowest BCUT2D eigenvalue weighted by Gasteiger charge is -2.22. The van der Waals surface area contributed by atoms with Crippen LogP contribution in [0.15, 0.2) is 24.3 Å². The standard InChI is InChI=1S/C18H26O5/c1-2-20-18(19)15-9-3-4-10-16(15)21-12-7-8-14-23-17-11-5-6-13-22-17/h3-4,9-10,17H,2,5-8,11-14H2,1H3/t17-/m0/s1. The SMILES string of the molecule is CCOC(=O)c1ccccc1OCCCCO[C@H]1CCCCO1. The van der Waals surface area contributed by atoms with E-state index in [1.807, 2.05) is 6.07 Å². The first-order valence-corrected chi connectivity index (χ1v) is 8.43. The molecule has 2 rings (SSSR count). The van der Waals surface area contributed by atoms with Crippen LogP contribution in [-0.4, -0.2) is 38.7 Å². The summed E-state index contributed by atoms with van der Waals surface area (Å²) in [5.74, 6) is 0.225. The third-order valence-corrected chi connectivity index (χ3v) is 3.62. The molecule has 0 radical (unpaired) electrons. The van der Waals surface area contributed by atoms with Crippen LogP contribution in [0.1, 0.15) is 49.4 Å². The number of benzene rings is 1. The van der Waals surface area contributed by atoms with Gasteiger partial charge in [0.25, 0.3) is 0 Å². The first-order valence-electron chi connectivity index (χ1n) is 8.43. The predicted octanol–water partition coefficient (Wildman–Crippen LogP) is 3.57. The molecule has 0 amide bonds. The Bertz CT molecular complexity index is 468. The van der Waals surface area contributed by atoms with Gasteiger partial charge in [0.2, 0.25) is 0 Å². The minimum atomic E-state index is -0.346. The molecule has 1 aromatic rings. The van der Waals surface area contributed by atoms with Gasteiger partial charge in [-0.2, -0.15) is 0 Å². The normalized spacial score (nSPS) is 17.7. The van der Waals surface area contributed by atoms with E-state index in [4.69, 9.17) is 18.9 Å². The number of esters is 1. The lowest BCUT2D eigenvalue weighted by atomic mass is 10.2. The number of carbonyl (C=O) groups is 1. The van der Waals surface area contributed by atoms with Gasteiger partial charge in [0.05, 0.1) is 13.2 Å². The summed E-state index contributed by atoms with van der Waals surface area (Å²) in [4.78, 5) is 11.8. The molecule has 1 fully saturated rings. The molecule has 0 bridgehead atoms. The molecular weight excluding hydrogens is 296 g/mol. The number of hydrogen-bond acceptors (Lipinski definition) is 5. The Morgan fingerprint density at radius 1 is 1.22 bits per heavy atom. The van der Waals surface area contributed by atoms with E-state index in [9.17, 15) is 4.79 Å². The average molecular weight is 322 g/mol. The minimum absolute atomic E-state index is 0.0331. The third-order valence-electron chi connectivity index (χ3n) is 3.62. The molecule has 128 valence electrons. The fourth-order valence-corrected chi connectivity index (χ4v) is 2.41. The van der Waals surface area contributed by atoms with Gasteiger partial charge in [-0.05, 0) is 51.2 Å². The maximum absolute atomic E-state index is 11.8. The van der Waals surface area contributed by atoms with Crippen LogP contribution in [0.2, 0.25) is 0 Å². The number of para-hydroxylation sites is 1. The average Bonchev–Trinajstić information content (AvgIpc) is 2.59. The zero-order valence-electron chi connectivity index (χ0n) is 13.8. The maximum Gasteiger partial charge on any atom is 0.341 e. The van der Waals surface area contributed by atoms with Gasteiger partial charge in [-0.15, -0.1) is 0 Å². The smallest absolute Gasteiger partial charge is 0.341 e. The Hall–Kier alpha value is -1.59. The van der Waals surface area contributed by atoms with E-state index in [1.165, 1.54) is 6.42 Å². The Kier molecular flexibility index (Phi) is 7.90. The Balaban J connectivity index is 1.65. The van der Waals surface area contributed by atoms with Crippen molar-refractivity contribution in [3.05, 3.63) is 29.8 Å². The lowest BCUT2D eigenvalue weighted by molar-refractivity contribution is -0.162. The van der Waals surface area contributed by atoms with Gasteiger partial charge in [0, 0.05) is 13.2 Å². The molecule has 0 saturated carbocycles. The molecule has 1 heterocycles. The fraction of sp³-hybridized carbons (Fsp3) is 0.611. The number of unbranched alkanes of at least 4 members (excludes halogenated alkanes) is 1. The molecule has 23 heavy (non-hydrogen) atoms. The topological polar surface area (TPSA) is 54.0 Å². The van der Waals surface area contributed by atoms with Crippen molar-refractivity contribution >= 4 is 5.97 Å². The van der Waals surface area contributed by atoms with Crippen molar-refractivity contribution in [2.75, 3.05) is 26.4 Å². The van der Waals surface area contributed by atoms with Gasteiger partial charge in [-0.3, -0.25) is 0 Å². The lowest BCUT2D eigenvalue weighted by Crippen LogP contribution is -2.22. The number of rotatable bonds is 9. The van der Waals surface area contributed by atoms with Crippen LogP contribution in [0.5, 0.6) is 5.75 Å². The summed E-state index contributed by atoms with van der Waals surface area (Å²) in [5.41, 5.74) is 0.473. The van der Waals surface area contributed by atoms with Crippen LogP contribution in [-0.2, 0) is 14.2 Å². The van der Waals surface area contributed by atoms with Crippen molar-refractivity contribution < 1.29 is 23.7 Å². The molecular formula is C18H26O5. The zero-order valence-corrected chi connectivity index (χ0v) is 13.8. The molecule has 1 atom stereocenters. The molecule has 1 saturated heterocycles. The van der Waals surface area contributed by atoms with Crippen molar-refractivity contribution in [3.63, 3.8) is 0 Å². The molecule has 0 aromatic heterocycles. The molecule has 5 heteroatoms. The van der Waals surface area contributed by atoms with Crippen LogP contribution in [0.25, 0.3) is 0 Å². The molecule has 0 spiro atoms. The summed E-state index contributed by atoms with van der Waals surface area (Å²) >= 11 is 0. The number of carbonyl (C=O) groups excluding carboxylic acids is 1. The molecule has 5 nitrogen and oxygen atoms in total. The van der Waals surface area contributed by atoms with E-state index in [0.29, 0.717) is 31.1 Å². The van der Waals surface area contributed by atoms with Crippen molar-refractivity contribution in [2.45, 2.75) is 45.3 Å². The molecule has 0 unspecified atom stereocenters. The van der Waals surface area contributed by atoms with E-state index >= 15 is 0 Å². The second-order valence-corrected chi connectivity index (χ2v) is 5.44. The second kappa shape index (κ2) is 10.2. The van der Waals surface area contributed by atoms with Gasteiger partial charge < -0.3 is 18.9 Å². The summed E-state index contributed by atoms with van der Waals surface area (Å²) in [6, 6.07) is 7.16. The van der Waals surface area contributed by atoms with Crippen molar-refractivity contribution in [3.8, 4) is 5.75 Å². The minimum Gasteiger partial charge on any atom is -0.493 e. The highest BCUT2D eigenvalue weighted by atomic mass is 16.7. The van der Waals surface area contributed by atoms with E-state index in [-0.39, 0.29) is 12.3 Å². The summed E-state index contributed by atoms with van der Waals surface area (Å²) < 4.78 is 21.9. The van der Waals surface area contributed by atoms with Crippen LogP contribution < -0.4 is 4.74 Å². The third kappa shape index (κ3) is 6.20. The quantitative estimate of drug-likeness (QED) is 0.514. The monoisotopic (exact) mass is 322 g/mol. The van der Waals surface area contributed by atoms with E-state index < -0.39 is 0 Å². The number of ether oxygens (including phenoxy) is 4. The Labute approximate surface area is 137 Å². The highest BCUT2D eigenvalue weighted by molar-refractivity contribution is 5.92. The summed E-state index contributed by atoms with van der Waals surface area (Å²) in [6.45, 7) is 4.17. The van der Waals surface area contributed by atoms with Gasteiger partial charge >= 0.3 is 5.97 Å². The second-order valence-electron chi connectivity index (χ2n) is 5.44. The van der Waals surface area contributed by atoms with Crippen LogP contribution in [0.3, 0.4) is 0 Å². The maximum atomic E-state index is 11.8. The molecule has 1 aromatic carbocycles. The van der Waals surface area contributed by atoms with Crippen molar-refractivity contribution in [1.82, 2.24) is 0 Å². The molecule has 0 N–H and O–H groups in total. The van der Waals surface area contributed by atoms with E-state index in [0.717, 1.165) is 32.3 Å².